The molecule has 144 valence electrons. The second-order valence-corrected chi connectivity index (χ2v) is 8.95. The van der Waals surface area contributed by atoms with Gasteiger partial charge >= 0.3 is 0 Å². The van der Waals surface area contributed by atoms with Crippen molar-refractivity contribution in [1.29, 1.82) is 0 Å². The molecule has 1 N–H and O–H groups in total. The molecule has 0 saturated heterocycles. The van der Waals surface area contributed by atoms with Gasteiger partial charge in [0, 0.05) is 18.2 Å². The number of nitrogens with zero attached hydrogens (tertiary/aromatic N) is 1. The maximum atomic E-state index is 9.93. The van der Waals surface area contributed by atoms with Gasteiger partial charge in [-0.05, 0) is 52.3 Å². The number of hydrogen-bond acceptors (Lipinski definition) is 3. The Morgan fingerprint density at radius 1 is 1.19 bits per heavy atom. The lowest BCUT2D eigenvalue weighted by Crippen LogP contribution is -2.51. The minimum Gasteiger partial charge on any atom is -0.499 e. The van der Waals surface area contributed by atoms with E-state index in [-0.39, 0.29) is 12.0 Å². The summed E-state index contributed by atoms with van der Waals surface area (Å²) in [5, 5.41) is 12.4. The van der Waals surface area contributed by atoms with Gasteiger partial charge in [-0.15, -0.1) is 0 Å². The molecule has 2 aromatic rings. The molecule has 3 heteroatoms. The van der Waals surface area contributed by atoms with Crippen LogP contribution in [0, 0.1) is 0 Å². The van der Waals surface area contributed by atoms with Crippen LogP contribution in [0.25, 0.3) is 10.8 Å². The van der Waals surface area contributed by atoms with Crippen molar-refractivity contribution in [3.63, 3.8) is 0 Å². The maximum Gasteiger partial charge on any atom is 0.124 e. The second-order valence-electron chi connectivity index (χ2n) is 8.95. The van der Waals surface area contributed by atoms with E-state index in [9.17, 15) is 5.11 Å². The first-order chi connectivity index (χ1) is 12.6. The molecule has 3 rings (SSSR count). The number of aliphatic hydroxyl groups is 1. The van der Waals surface area contributed by atoms with Crippen molar-refractivity contribution in [2.75, 3.05) is 13.7 Å². The van der Waals surface area contributed by atoms with Crippen molar-refractivity contribution in [3.05, 3.63) is 59.4 Å². The van der Waals surface area contributed by atoms with Gasteiger partial charge < -0.3 is 9.84 Å². The zero-order valence-electron chi connectivity index (χ0n) is 17.4. The van der Waals surface area contributed by atoms with E-state index in [0.29, 0.717) is 12.2 Å². The van der Waals surface area contributed by atoms with Crippen molar-refractivity contribution in [1.82, 2.24) is 0 Å². The third-order valence-corrected chi connectivity index (χ3v) is 6.37. The smallest absolute Gasteiger partial charge is 0.124 e. The van der Waals surface area contributed by atoms with Crippen molar-refractivity contribution < 1.29 is 9.84 Å². The van der Waals surface area contributed by atoms with Crippen molar-refractivity contribution in [3.8, 4) is 0 Å². The summed E-state index contributed by atoms with van der Waals surface area (Å²) in [5.74, 6) is 0.615. The normalized spacial score (nSPS) is 24.7. The predicted octanol–water partition coefficient (Wildman–Crippen LogP) is 5.13. The number of hydrogen-bond donors (Lipinski definition) is 1. The van der Waals surface area contributed by atoms with E-state index >= 15 is 0 Å². The summed E-state index contributed by atoms with van der Waals surface area (Å²) in [5.41, 5.74) is 2.58. The SMILES string of the molecule is C=C(OC)C1(C)N=Cc2cc(C(C)(C)C)c3ccccc3c2C1(C)CCO. The molecule has 0 aromatic heterocycles. The molecule has 3 nitrogen and oxygen atoms in total. The maximum absolute atomic E-state index is 9.93. The Hall–Kier alpha value is -2.13. The molecule has 2 atom stereocenters. The molecular formula is C24H31NO2. The fraction of sp³-hybridized carbons (Fsp3) is 0.458. The molecule has 27 heavy (non-hydrogen) atoms. The van der Waals surface area contributed by atoms with Crippen LogP contribution in [0.1, 0.15) is 57.7 Å². The average molecular weight is 366 g/mol. The van der Waals surface area contributed by atoms with Crippen LogP contribution >= 0.6 is 0 Å². The summed E-state index contributed by atoms with van der Waals surface area (Å²) in [6.45, 7) is 15.2. The highest BCUT2D eigenvalue weighted by Gasteiger charge is 2.51. The van der Waals surface area contributed by atoms with Gasteiger partial charge in [0.1, 0.15) is 11.3 Å². The Kier molecular flexibility index (Phi) is 4.72. The molecule has 0 radical (unpaired) electrons. The summed E-state index contributed by atoms with van der Waals surface area (Å²) in [7, 11) is 1.64. The van der Waals surface area contributed by atoms with Gasteiger partial charge in [0.15, 0.2) is 0 Å². The quantitative estimate of drug-likeness (QED) is 0.763. The number of fused-ring (bicyclic) bond motifs is 3. The fourth-order valence-electron chi connectivity index (χ4n) is 4.49. The molecule has 0 bridgehead atoms. The molecule has 0 spiro atoms. The minimum atomic E-state index is -0.649. The second kappa shape index (κ2) is 6.49. The Bertz CT molecular complexity index is 922. The van der Waals surface area contributed by atoms with Crippen LogP contribution in [0.15, 0.2) is 47.7 Å². The fourth-order valence-corrected chi connectivity index (χ4v) is 4.49. The highest BCUT2D eigenvalue weighted by Crippen LogP contribution is 2.51. The molecule has 2 unspecified atom stereocenters. The molecule has 1 aliphatic heterocycles. The summed E-state index contributed by atoms with van der Waals surface area (Å²) in [6, 6.07) is 10.8. The third-order valence-electron chi connectivity index (χ3n) is 6.37. The Morgan fingerprint density at radius 2 is 1.81 bits per heavy atom. The molecule has 2 aromatic carbocycles. The van der Waals surface area contributed by atoms with Gasteiger partial charge in [-0.2, -0.15) is 0 Å². The largest absolute Gasteiger partial charge is 0.499 e. The number of methoxy groups -OCH3 is 1. The van der Waals surface area contributed by atoms with Gasteiger partial charge in [0.25, 0.3) is 0 Å². The van der Waals surface area contributed by atoms with Gasteiger partial charge in [0.05, 0.1) is 7.11 Å². The zero-order chi connectivity index (χ0) is 20.0. The summed E-state index contributed by atoms with van der Waals surface area (Å²) in [6.07, 6.45) is 2.54. The van der Waals surface area contributed by atoms with Crippen LogP contribution in [0.3, 0.4) is 0 Å². The van der Waals surface area contributed by atoms with Gasteiger partial charge in [0.2, 0.25) is 0 Å². The highest BCUT2D eigenvalue weighted by atomic mass is 16.5. The van der Waals surface area contributed by atoms with E-state index in [2.05, 4.69) is 71.5 Å². The summed E-state index contributed by atoms with van der Waals surface area (Å²) in [4.78, 5) is 4.91. The van der Waals surface area contributed by atoms with Gasteiger partial charge in [-0.25, -0.2) is 0 Å². The lowest BCUT2D eigenvalue weighted by molar-refractivity contribution is 0.143. The van der Waals surface area contributed by atoms with Crippen molar-refractivity contribution >= 4 is 17.0 Å². The Morgan fingerprint density at radius 3 is 2.37 bits per heavy atom. The first kappa shape index (κ1) is 19.6. The standard InChI is InChI=1S/C24H31NO2/c1-16(27-7)24(6)23(5,12-13-26)21-17(15-25-24)14-20(22(2,3)4)18-10-8-9-11-19(18)21/h8-11,14-15,26H,1,12-13H2,2-7H3. The van der Waals surface area contributed by atoms with Crippen LogP contribution in [-0.2, 0) is 15.6 Å². The van der Waals surface area contributed by atoms with Crippen molar-refractivity contribution in [2.45, 2.75) is 57.4 Å². The topological polar surface area (TPSA) is 41.8 Å². The lowest BCUT2D eigenvalue weighted by atomic mass is 9.60. The average Bonchev–Trinajstić information content (AvgIpc) is 2.62. The number of rotatable bonds is 4. The monoisotopic (exact) mass is 365 g/mol. The molecule has 1 heterocycles. The van der Waals surface area contributed by atoms with E-state index in [4.69, 9.17) is 9.73 Å². The minimum absolute atomic E-state index is 0.0206. The Balaban J connectivity index is 2.44. The van der Waals surface area contributed by atoms with Gasteiger partial charge in [-0.1, -0.05) is 58.5 Å². The molecular weight excluding hydrogens is 334 g/mol. The predicted molar refractivity (Wildman–Crippen MR) is 114 cm³/mol. The summed E-state index contributed by atoms with van der Waals surface area (Å²) < 4.78 is 5.55. The van der Waals surface area contributed by atoms with Crippen LogP contribution < -0.4 is 0 Å². The molecule has 1 aliphatic rings. The molecule has 0 amide bonds. The molecule has 0 aliphatic carbocycles. The number of aliphatic imine (C=N–C) groups is 1. The van der Waals surface area contributed by atoms with E-state index in [1.165, 1.54) is 21.9 Å². The number of ether oxygens (including phenoxy) is 1. The molecule has 0 saturated carbocycles. The van der Waals surface area contributed by atoms with E-state index < -0.39 is 11.0 Å². The number of aliphatic hydroxyl groups excluding tert-OH is 1. The van der Waals surface area contributed by atoms with E-state index in [1.54, 1.807) is 7.11 Å². The van der Waals surface area contributed by atoms with Crippen molar-refractivity contribution in [2.24, 2.45) is 4.99 Å². The lowest BCUT2D eigenvalue weighted by Gasteiger charge is -2.48. The third kappa shape index (κ3) is 2.80. The number of benzene rings is 2. The summed E-state index contributed by atoms with van der Waals surface area (Å²) >= 11 is 0. The van der Waals surface area contributed by atoms with Crippen LogP contribution in [0.2, 0.25) is 0 Å². The molecule has 0 fully saturated rings. The highest BCUT2D eigenvalue weighted by molar-refractivity contribution is 5.99. The van der Waals surface area contributed by atoms with Crippen LogP contribution in [0.4, 0.5) is 0 Å². The van der Waals surface area contributed by atoms with E-state index in [0.717, 1.165) is 5.56 Å². The Labute approximate surface area is 162 Å². The van der Waals surface area contributed by atoms with Crippen LogP contribution in [0.5, 0.6) is 0 Å². The van der Waals surface area contributed by atoms with Crippen LogP contribution in [-0.4, -0.2) is 30.6 Å². The zero-order valence-corrected chi connectivity index (χ0v) is 17.4. The van der Waals surface area contributed by atoms with E-state index in [1.807, 2.05) is 6.21 Å². The van der Waals surface area contributed by atoms with Gasteiger partial charge in [-0.3, -0.25) is 4.99 Å². The first-order valence-electron chi connectivity index (χ1n) is 9.56. The first-order valence-corrected chi connectivity index (χ1v) is 9.56.